The number of hydrogen-bond donors (Lipinski definition) is 0. The number of aromatic nitrogens is 4. The molecule has 36 heavy (non-hydrogen) atoms. The van der Waals surface area contributed by atoms with Crippen molar-refractivity contribution in [1.82, 2.24) is 24.4 Å². The van der Waals surface area contributed by atoms with E-state index in [0.717, 1.165) is 49.6 Å². The van der Waals surface area contributed by atoms with Crippen molar-refractivity contribution in [3.8, 4) is 0 Å². The number of piperazine rings is 1. The van der Waals surface area contributed by atoms with Gasteiger partial charge in [0.25, 0.3) is 0 Å². The number of carbonyl (C=O) groups excluding carboxylic acids is 1. The summed E-state index contributed by atoms with van der Waals surface area (Å²) >= 11 is 0. The maximum atomic E-state index is 13.4. The molecule has 184 valence electrons. The SMILES string of the molecule is C[C@@H]1CN(c2cccc3c2CN(c2ccc(F)cn2)CC3)CCN1C(=O)Cn1cnc2cccnc21. The van der Waals surface area contributed by atoms with E-state index in [-0.39, 0.29) is 24.3 Å². The first kappa shape index (κ1) is 22.5. The Labute approximate surface area is 209 Å². The highest BCUT2D eigenvalue weighted by Gasteiger charge is 2.30. The summed E-state index contributed by atoms with van der Waals surface area (Å²) in [5, 5.41) is 0. The molecule has 6 rings (SSSR count). The lowest BCUT2D eigenvalue weighted by atomic mass is 9.96. The van der Waals surface area contributed by atoms with Crippen molar-refractivity contribution in [2.45, 2.75) is 32.5 Å². The van der Waals surface area contributed by atoms with Gasteiger partial charge < -0.3 is 19.3 Å². The minimum atomic E-state index is -0.323. The maximum Gasteiger partial charge on any atom is 0.242 e. The van der Waals surface area contributed by atoms with Gasteiger partial charge in [-0.3, -0.25) is 4.79 Å². The Bertz CT molecular complexity index is 1400. The zero-order valence-corrected chi connectivity index (χ0v) is 20.2. The maximum absolute atomic E-state index is 13.4. The van der Waals surface area contributed by atoms with Crippen molar-refractivity contribution >= 4 is 28.6 Å². The average molecular weight is 486 g/mol. The molecule has 1 amide bonds. The van der Waals surface area contributed by atoms with Crippen molar-refractivity contribution in [3.05, 3.63) is 78.1 Å². The second-order valence-electron chi connectivity index (χ2n) is 9.52. The molecule has 1 saturated heterocycles. The van der Waals surface area contributed by atoms with Crippen molar-refractivity contribution < 1.29 is 9.18 Å². The molecule has 1 aromatic carbocycles. The van der Waals surface area contributed by atoms with Crippen LogP contribution in [0, 0.1) is 5.82 Å². The molecule has 3 aromatic heterocycles. The topological polar surface area (TPSA) is 70.4 Å². The number of hydrogen-bond acceptors (Lipinski definition) is 6. The smallest absolute Gasteiger partial charge is 0.242 e. The Hall–Kier alpha value is -4.01. The predicted octanol–water partition coefficient (Wildman–Crippen LogP) is 3.27. The lowest BCUT2D eigenvalue weighted by molar-refractivity contribution is -0.134. The summed E-state index contributed by atoms with van der Waals surface area (Å²) < 4.78 is 15.2. The molecule has 0 radical (unpaired) electrons. The second-order valence-corrected chi connectivity index (χ2v) is 9.52. The highest BCUT2D eigenvalue weighted by Crippen LogP contribution is 2.32. The molecule has 2 aliphatic heterocycles. The van der Waals surface area contributed by atoms with Crippen LogP contribution in [0.1, 0.15) is 18.1 Å². The van der Waals surface area contributed by atoms with Crippen LogP contribution in [0.2, 0.25) is 0 Å². The van der Waals surface area contributed by atoms with E-state index < -0.39 is 0 Å². The summed E-state index contributed by atoms with van der Waals surface area (Å²) in [5.41, 5.74) is 5.37. The van der Waals surface area contributed by atoms with Crippen LogP contribution >= 0.6 is 0 Å². The van der Waals surface area contributed by atoms with Gasteiger partial charge in [-0.25, -0.2) is 19.3 Å². The molecule has 0 aliphatic carbocycles. The Morgan fingerprint density at radius 3 is 2.78 bits per heavy atom. The molecule has 1 atom stereocenters. The van der Waals surface area contributed by atoms with Crippen LogP contribution in [0.3, 0.4) is 0 Å². The first-order valence-electron chi connectivity index (χ1n) is 12.3. The summed E-state index contributed by atoms with van der Waals surface area (Å²) in [6.07, 6.45) is 5.61. The van der Waals surface area contributed by atoms with Crippen LogP contribution in [0.15, 0.2) is 61.2 Å². The van der Waals surface area contributed by atoms with Gasteiger partial charge in [-0.2, -0.15) is 0 Å². The monoisotopic (exact) mass is 485 g/mol. The van der Waals surface area contributed by atoms with E-state index in [2.05, 4.69) is 49.9 Å². The van der Waals surface area contributed by atoms with Gasteiger partial charge in [0.15, 0.2) is 5.65 Å². The Morgan fingerprint density at radius 1 is 1.03 bits per heavy atom. The number of imidazole rings is 1. The number of nitrogens with zero attached hydrogens (tertiary/aromatic N) is 7. The molecule has 5 heterocycles. The van der Waals surface area contributed by atoms with E-state index in [1.54, 1.807) is 18.6 Å². The van der Waals surface area contributed by atoms with Gasteiger partial charge in [-0.15, -0.1) is 0 Å². The third kappa shape index (κ3) is 4.14. The lowest BCUT2D eigenvalue weighted by Gasteiger charge is -2.43. The van der Waals surface area contributed by atoms with E-state index in [4.69, 9.17) is 0 Å². The Morgan fingerprint density at radius 2 is 1.94 bits per heavy atom. The second kappa shape index (κ2) is 9.22. The fourth-order valence-electron chi connectivity index (χ4n) is 5.41. The number of anilines is 2. The molecule has 8 nitrogen and oxygen atoms in total. The van der Waals surface area contributed by atoms with Gasteiger partial charge in [0.1, 0.15) is 23.7 Å². The highest BCUT2D eigenvalue weighted by atomic mass is 19.1. The number of carbonyl (C=O) groups is 1. The first-order chi connectivity index (χ1) is 17.6. The van der Waals surface area contributed by atoms with Crippen LogP contribution in [0.5, 0.6) is 0 Å². The molecule has 4 aromatic rings. The van der Waals surface area contributed by atoms with Gasteiger partial charge >= 0.3 is 0 Å². The molecule has 0 bridgehead atoms. The van der Waals surface area contributed by atoms with Crippen LogP contribution in [-0.4, -0.2) is 62.5 Å². The Kier molecular flexibility index (Phi) is 5.75. The van der Waals surface area contributed by atoms with E-state index >= 15 is 0 Å². The van der Waals surface area contributed by atoms with Gasteiger partial charge in [-0.1, -0.05) is 12.1 Å². The lowest BCUT2D eigenvalue weighted by Crippen LogP contribution is -2.55. The molecular formula is C27H28FN7O. The fourth-order valence-corrected chi connectivity index (χ4v) is 5.41. The van der Waals surface area contributed by atoms with Crippen molar-refractivity contribution in [1.29, 1.82) is 0 Å². The van der Waals surface area contributed by atoms with Crippen molar-refractivity contribution in [2.24, 2.45) is 0 Å². The molecule has 9 heteroatoms. The molecular weight excluding hydrogens is 457 g/mol. The van der Waals surface area contributed by atoms with Crippen LogP contribution < -0.4 is 9.80 Å². The minimum Gasteiger partial charge on any atom is -0.367 e. The quantitative estimate of drug-likeness (QED) is 0.442. The normalized spacial score (nSPS) is 17.9. The fraction of sp³-hybridized carbons (Fsp3) is 0.333. The third-order valence-electron chi connectivity index (χ3n) is 7.25. The zero-order valence-electron chi connectivity index (χ0n) is 20.2. The zero-order chi connectivity index (χ0) is 24.6. The van der Waals surface area contributed by atoms with Crippen LogP contribution in [0.4, 0.5) is 15.9 Å². The minimum absolute atomic E-state index is 0.0725. The van der Waals surface area contributed by atoms with E-state index in [9.17, 15) is 9.18 Å². The van der Waals surface area contributed by atoms with Gasteiger partial charge in [-0.05, 0) is 54.8 Å². The predicted molar refractivity (Wildman–Crippen MR) is 136 cm³/mol. The Balaban J connectivity index is 1.17. The van der Waals surface area contributed by atoms with Crippen molar-refractivity contribution in [2.75, 3.05) is 36.0 Å². The van der Waals surface area contributed by atoms with E-state index in [1.807, 2.05) is 21.6 Å². The van der Waals surface area contributed by atoms with E-state index in [1.165, 1.54) is 29.1 Å². The number of rotatable bonds is 4. The molecule has 0 saturated carbocycles. The summed E-state index contributed by atoms with van der Waals surface area (Å²) in [6, 6.07) is 13.5. The third-order valence-corrected chi connectivity index (χ3v) is 7.25. The molecule has 0 N–H and O–H groups in total. The summed E-state index contributed by atoms with van der Waals surface area (Å²) in [4.78, 5) is 32.8. The highest BCUT2D eigenvalue weighted by molar-refractivity contribution is 5.79. The summed E-state index contributed by atoms with van der Waals surface area (Å²) in [6.45, 7) is 6.12. The van der Waals surface area contributed by atoms with Crippen molar-refractivity contribution in [3.63, 3.8) is 0 Å². The molecule has 0 spiro atoms. The number of amides is 1. The first-order valence-corrected chi connectivity index (χ1v) is 12.3. The molecule has 2 aliphatic rings. The molecule has 1 fully saturated rings. The van der Waals surface area contributed by atoms with Crippen LogP contribution in [0.25, 0.3) is 11.2 Å². The summed E-state index contributed by atoms with van der Waals surface area (Å²) in [5.74, 6) is 0.550. The van der Waals surface area contributed by atoms with Gasteiger partial charge in [0, 0.05) is 50.6 Å². The number of benzene rings is 1. The molecule has 0 unspecified atom stereocenters. The number of fused-ring (bicyclic) bond motifs is 2. The number of pyridine rings is 2. The van der Waals surface area contributed by atoms with E-state index in [0.29, 0.717) is 6.54 Å². The van der Waals surface area contributed by atoms with Crippen LogP contribution in [-0.2, 0) is 24.3 Å². The number of halogens is 1. The average Bonchev–Trinajstić information content (AvgIpc) is 3.31. The van der Waals surface area contributed by atoms with Gasteiger partial charge in [0.05, 0.1) is 12.5 Å². The summed E-state index contributed by atoms with van der Waals surface area (Å²) in [7, 11) is 0. The standard InChI is InChI=1S/C27H28FN7O/c1-19-15-32(12-13-35(19)26(36)17-34-18-31-23-5-3-10-29-27(23)34)24-6-2-4-20-9-11-33(16-22(20)24)25-8-7-21(28)14-30-25/h2-8,10,14,18-19H,9,11-13,15-17H2,1H3/t19-/m1/s1. The van der Waals surface area contributed by atoms with Gasteiger partial charge in [0.2, 0.25) is 5.91 Å². The largest absolute Gasteiger partial charge is 0.367 e.